The third-order valence-electron chi connectivity index (χ3n) is 3.67. The molecule has 1 heterocycles. The number of carbonyl (C=O) groups excluding carboxylic acids is 1. The van der Waals surface area contributed by atoms with Gasteiger partial charge in [-0.05, 0) is 12.1 Å². The number of carbonyl (C=O) groups is 1. The average molecular weight is 314 g/mol. The number of rotatable bonds is 2. The Morgan fingerprint density at radius 3 is 2.48 bits per heavy atom. The number of nitrogens with two attached hydrogens (primary N) is 1. The Hall–Kier alpha value is -3.35. The van der Waals surface area contributed by atoms with Gasteiger partial charge in [-0.25, -0.2) is 0 Å². The number of hydrogen-bond acceptors (Lipinski definition) is 6. The molecule has 0 aliphatic carbocycles. The Bertz CT molecular complexity index is 845. The van der Waals surface area contributed by atoms with E-state index in [9.17, 15) is 25.2 Å². The van der Waals surface area contributed by atoms with E-state index in [-0.39, 0.29) is 23.3 Å². The van der Waals surface area contributed by atoms with Crippen LogP contribution in [-0.2, 0) is 11.2 Å². The van der Waals surface area contributed by atoms with Crippen LogP contribution in [-0.4, -0.2) is 26.3 Å². The first kappa shape index (κ1) is 14.6. The molecular formula is C16H14N2O5. The van der Waals surface area contributed by atoms with Gasteiger partial charge < -0.3 is 31.1 Å². The molecule has 7 nitrogen and oxygen atoms in total. The summed E-state index contributed by atoms with van der Waals surface area (Å²) >= 11 is 0. The van der Waals surface area contributed by atoms with Crippen LogP contribution in [0.15, 0.2) is 42.1 Å². The van der Waals surface area contributed by atoms with Gasteiger partial charge in [-0.2, -0.15) is 0 Å². The molecule has 6 N–H and O–H groups in total. The smallest absolute Gasteiger partial charge is 0.246 e. The Morgan fingerprint density at radius 2 is 1.83 bits per heavy atom. The summed E-state index contributed by atoms with van der Waals surface area (Å²) in [6.07, 6.45) is 1.48. The number of anilines is 2. The lowest BCUT2D eigenvalue weighted by atomic mass is 9.96. The quantitative estimate of drug-likeness (QED) is 0.535. The molecule has 23 heavy (non-hydrogen) atoms. The minimum atomic E-state index is -0.673. The maximum Gasteiger partial charge on any atom is 0.246 e. The molecule has 1 aliphatic rings. The number of phenolic OH excluding ortho intramolecular Hbond substituents is 4. The number of nitrogens with zero attached hydrogens (tertiary/aromatic N) is 1. The summed E-state index contributed by atoms with van der Waals surface area (Å²) in [6, 6.07) is 7.48. The van der Waals surface area contributed by atoms with Gasteiger partial charge in [0.15, 0.2) is 11.5 Å². The van der Waals surface area contributed by atoms with Crippen LogP contribution in [0.1, 0.15) is 5.56 Å². The molecular weight excluding hydrogens is 300 g/mol. The summed E-state index contributed by atoms with van der Waals surface area (Å²) in [6.45, 7) is 0. The minimum absolute atomic E-state index is 0.0101. The number of hydrogen-bond donors (Lipinski definition) is 5. The molecule has 0 atom stereocenters. The zero-order chi connectivity index (χ0) is 16.7. The fourth-order valence-electron chi connectivity index (χ4n) is 2.53. The molecule has 118 valence electrons. The van der Waals surface area contributed by atoms with Gasteiger partial charge in [-0.15, -0.1) is 0 Å². The summed E-state index contributed by atoms with van der Waals surface area (Å²) in [7, 11) is 0. The van der Waals surface area contributed by atoms with Gasteiger partial charge in [0, 0.05) is 41.6 Å². The summed E-state index contributed by atoms with van der Waals surface area (Å²) in [4.78, 5) is 13.1. The van der Waals surface area contributed by atoms with Crippen molar-refractivity contribution >= 4 is 17.3 Å². The summed E-state index contributed by atoms with van der Waals surface area (Å²) < 4.78 is 0. The van der Waals surface area contributed by atoms with Crippen LogP contribution >= 0.6 is 0 Å². The molecule has 1 aliphatic heterocycles. The van der Waals surface area contributed by atoms with Crippen LogP contribution in [0.5, 0.6) is 23.0 Å². The summed E-state index contributed by atoms with van der Waals surface area (Å²) in [5, 5.41) is 39.2. The number of phenols is 4. The van der Waals surface area contributed by atoms with E-state index in [1.165, 1.54) is 29.3 Å². The van der Waals surface area contributed by atoms with Crippen molar-refractivity contribution in [2.75, 3.05) is 4.90 Å². The fourth-order valence-corrected chi connectivity index (χ4v) is 2.53. The molecule has 0 bridgehead atoms. The van der Waals surface area contributed by atoms with Gasteiger partial charge in [-0.3, -0.25) is 4.79 Å². The lowest BCUT2D eigenvalue weighted by Gasteiger charge is -2.29. The van der Waals surface area contributed by atoms with Crippen LogP contribution < -0.4 is 10.6 Å². The molecule has 1 amide bonds. The predicted molar refractivity (Wildman–Crippen MR) is 82.7 cm³/mol. The fraction of sp³-hybridized carbons (Fsp3) is 0.0625. The maximum absolute atomic E-state index is 11.6. The van der Waals surface area contributed by atoms with Crippen molar-refractivity contribution in [2.45, 2.75) is 6.42 Å². The molecule has 0 fully saturated rings. The van der Waals surface area contributed by atoms with Crippen LogP contribution in [0.4, 0.5) is 11.4 Å². The van der Waals surface area contributed by atoms with Crippen molar-refractivity contribution in [1.82, 2.24) is 0 Å². The van der Waals surface area contributed by atoms with Gasteiger partial charge >= 0.3 is 0 Å². The van der Waals surface area contributed by atoms with Crippen molar-refractivity contribution in [3.05, 3.63) is 47.7 Å². The molecule has 0 radical (unpaired) electrons. The number of primary amides is 1. The zero-order valence-corrected chi connectivity index (χ0v) is 11.9. The maximum atomic E-state index is 11.6. The van der Waals surface area contributed by atoms with Crippen LogP contribution in [0, 0.1) is 0 Å². The first-order chi connectivity index (χ1) is 10.9. The Kier molecular flexibility index (Phi) is 3.25. The van der Waals surface area contributed by atoms with E-state index in [1.54, 1.807) is 12.1 Å². The lowest BCUT2D eigenvalue weighted by molar-refractivity contribution is -0.114. The summed E-state index contributed by atoms with van der Waals surface area (Å²) in [5.74, 6) is -2.34. The standard InChI is InChI=1S/C16H14N2O5/c17-16(23)8-4-11-12(6-13(20)15(22)14(11)21)18(7-8)9-2-1-3-10(19)5-9/h1-3,5-7,19-22H,4H2,(H2,17,23). The van der Waals surface area contributed by atoms with Crippen molar-refractivity contribution in [3.63, 3.8) is 0 Å². The van der Waals surface area contributed by atoms with E-state index in [1.807, 2.05) is 0 Å². The number of amides is 1. The molecule has 2 aromatic rings. The first-order valence-corrected chi connectivity index (χ1v) is 6.74. The monoisotopic (exact) mass is 314 g/mol. The second-order valence-corrected chi connectivity index (χ2v) is 5.18. The first-order valence-electron chi connectivity index (χ1n) is 6.74. The van der Waals surface area contributed by atoms with E-state index in [0.717, 1.165) is 0 Å². The number of fused-ring (bicyclic) bond motifs is 1. The molecule has 3 rings (SSSR count). The third-order valence-corrected chi connectivity index (χ3v) is 3.67. The average Bonchev–Trinajstić information content (AvgIpc) is 2.52. The highest BCUT2D eigenvalue weighted by Gasteiger charge is 2.27. The normalized spacial score (nSPS) is 13.4. The van der Waals surface area contributed by atoms with E-state index in [0.29, 0.717) is 11.4 Å². The highest BCUT2D eigenvalue weighted by molar-refractivity contribution is 5.96. The number of aromatic hydroxyl groups is 4. The van der Waals surface area contributed by atoms with Gasteiger partial charge in [-0.1, -0.05) is 6.07 Å². The highest BCUT2D eigenvalue weighted by atomic mass is 16.3. The molecule has 0 saturated carbocycles. The number of benzene rings is 2. The van der Waals surface area contributed by atoms with Crippen molar-refractivity contribution in [1.29, 1.82) is 0 Å². The molecule has 0 spiro atoms. The van der Waals surface area contributed by atoms with Gasteiger partial charge in [0.25, 0.3) is 0 Å². The van der Waals surface area contributed by atoms with E-state index in [4.69, 9.17) is 5.73 Å². The SMILES string of the molecule is NC(=O)C1=CN(c2cccc(O)c2)c2cc(O)c(O)c(O)c2C1. The van der Waals surface area contributed by atoms with Gasteiger partial charge in [0.05, 0.1) is 5.69 Å². The zero-order valence-electron chi connectivity index (χ0n) is 11.9. The predicted octanol–water partition coefficient (Wildman–Crippen LogP) is 1.57. The van der Waals surface area contributed by atoms with Crippen LogP contribution in [0.25, 0.3) is 0 Å². The molecule has 2 aromatic carbocycles. The van der Waals surface area contributed by atoms with E-state index >= 15 is 0 Å². The lowest BCUT2D eigenvalue weighted by Crippen LogP contribution is -2.24. The Labute approximate surface area is 131 Å². The van der Waals surface area contributed by atoms with Crippen LogP contribution in [0.2, 0.25) is 0 Å². The molecule has 7 heteroatoms. The van der Waals surface area contributed by atoms with Crippen molar-refractivity contribution < 1.29 is 25.2 Å². The van der Waals surface area contributed by atoms with Crippen LogP contribution in [0.3, 0.4) is 0 Å². The van der Waals surface area contributed by atoms with E-state index < -0.39 is 23.2 Å². The Balaban J connectivity index is 2.25. The molecule has 0 saturated heterocycles. The van der Waals surface area contributed by atoms with E-state index in [2.05, 4.69) is 0 Å². The van der Waals surface area contributed by atoms with Crippen molar-refractivity contribution in [3.8, 4) is 23.0 Å². The van der Waals surface area contributed by atoms with Crippen molar-refractivity contribution in [2.24, 2.45) is 5.73 Å². The third kappa shape index (κ3) is 2.38. The minimum Gasteiger partial charge on any atom is -0.508 e. The largest absolute Gasteiger partial charge is 0.508 e. The molecule has 0 unspecified atom stereocenters. The molecule has 0 aromatic heterocycles. The second kappa shape index (κ2) is 5.13. The topological polar surface area (TPSA) is 127 Å². The Morgan fingerprint density at radius 1 is 1.09 bits per heavy atom. The summed E-state index contributed by atoms with van der Waals surface area (Å²) in [5.41, 5.74) is 6.66. The van der Waals surface area contributed by atoms with Gasteiger partial charge in [0.1, 0.15) is 5.75 Å². The highest BCUT2D eigenvalue weighted by Crippen LogP contribution is 2.47. The van der Waals surface area contributed by atoms with Gasteiger partial charge in [0.2, 0.25) is 11.7 Å². The second-order valence-electron chi connectivity index (χ2n) is 5.18.